The van der Waals surface area contributed by atoms with Crippen LogP contribution in [0.2, 0.25) is 0 Å². The van der Waals surface area contributed by atoms with Gasteiger partial charge in [0.05, 0.1) is 0 Å². The summed E-state index contributed by atoms with van der Waals surface area (Å²) in [7, 11) is 0. The molecule has 0 aromatic heterocycles. The molecule has 0 heterocycles. The first-order valence-electron chi connectivity index (χ1n) is 7.55. The molecule has 0 fully saturated rings. The summed E-state index contributed by atoms with van der Waals surface area (Å²) >= 11 is 0. The van der Waals surface area contributed by atoms with E-state index in [0.29, 0.717) is 12.8 Å². The van der Waals surface area contributed by atoms with Crippen LogP contribution in [0.1, 0.15) is 67.7 Å². The molecule has 2 amide bonds. The average molecular weight is 284 g/mol. The molecule has 118 valence electrons. The van der Waals surface area contributed by atoms with E-state index in [2.05, 4.69) is 52.2 Å². The van der Waals surface area contributed by atoms with E-state index in [1.165, 1.54) is 0 Å². The predicted octanol–water partition coefficient (Wildman–Crippen LogP) is 3.50. The molecule has 0 bridgehead atoms. The minimum Gasteiger partial charge on any atom is -0.335 e. The Balaban J connectivity index is 4.65. The number of hydrogen-bond acceptors (Lipinski definition) is 2. The van der Waals surface area contributed by atoms with Gasteiger partial charge < -0.3 is 15.4 Å². The van der Waals surface area contributed by atoms with E-state index in [1.54, 1.807) is 0 Å². The third-order valence-corrected chi connectivity index (χ3v) is 4.38. The topological polar surface area (TPSA) is 58.2 Å². The summed E-state index contributed by atoms with van der Waals surface area (Å²) in [6.07, 6.45) is 3.02. The zero-order valence-electron chi connectivity index (χ0n) is 14.2. The normalized spacial score (nSPS) is 15.3. The number of nitrogens with one attached hydrogen (secondary N) is 2. The number of urea groups is 1. The standard InChI is InChI=1S/C16H32N2O2/c1-8-16(6,7)13(10-9-11-19)18-14(20)17-12(2)15(3,4)5/h11-13H,8-10H2,1-7H3,(H2,17,18,20). The second-order valence-corrected chi connectivity index (χ2v) is 7.34. The van der Waals surface area contributed by atoms with Gasteiger partial charge in [0, 0.05) is 18.5 Å². The van der Waals surface area contributed by atoms with Gasteiger partial charge in [-0.05, 0) is 30.6 Å². The van der Waals surface area contributed by atoms with Crippen molar-refractivity contribution in [2.75, 3.05) is 0 Å². The number of carbonyl (C=O) groups excluding carboxylic acids is 2. The van der Waals surface area contributed by atoms with Crippen LogP contribution < -0.4 is 10.6 Å². The zero-order chi connectivity index (χ0) is 16.0. The van der Waals surface area contributed by atoms with Crippen molar-refractivity contribution in [3.8, 4) is 0 Å². The Bertz CT molecular complexity index is 319. The maximum Gasteiger partial charge on any atom is 0.315 e. The molecule has 20 heavy (non-hydrogen) atoms. The molecule has 2 unspecified atom stereocenters. The minimum absolute atomic E-state index is 0.00451. The Labute approximate surface area is 124 Å². The molecule has 0 saturated carbocycles. The smallest absolute Gasteiger partial charge is 0.315 e. The summed E-state index contributed by atoms with van der Waals surface area (Å²) in [5.74, 6) is 0. The molecule has 0 aliphatic carbocycles. The number of aldehydes is 1. The third-order valence-electron chi connectivity index (χ3n) is 4.38. The quantitative estimate of drug-likeness (QED) is 0.703. The van der Waals surface area contributed by atoms with Crippen LogP contribution in [0.25, 0.3) is 0 Å². The summed E-state index contributed by atoms with van der Waals surface area (Å²) in [6.45, 7) is 14.6. The van der Waals surface area contributed by atoms with E-state index < -0.39 is 0 Å². The lowest BCUT2D eigenvalue weighted by atomic mass is 9.80. The number of carbonyl (C=O) groups is 2. The fourth-order valence-electron chi connectivity index (χ4n) is 1.75. The number of rotatable bonds is 7. The molecule has 0 aliphatic heterocycles. The second-order valence-electron chi connectivity index (χ2n) is 7.34. The molecule has 2 atom stereocenters. The highest BCUT2D eigenvalue weighted by Gasteiger charge is 2.30. The van der Waals surface area contributed by atoms with Crippen molar-refractivity contribution in [2.24, 2.45) is 10.8 Å². The molecule has 0 aliphatic rings. The summed E-state index contributed by atoms with van der Waals surface area (Å²) in [4.78, 5) is 22.7. The maximum absolute atomic E-state index is 12.1. The van der Waals surface area contributed by atoms with Crippen molar-refractivity contribution < 1.29 is 9.59 Å². The molecule has 4 heteroatoms. The van der Waals surface area contributed by atoms with Crippen LogP contribution in [0.4, 0.5) is 4.79 Å². The van der Waals surface area contributed by atoms with Crippen LogP contribution in [0, 0.1) is 10.8 Å². The highest BCUT2D eigenvalue weighted by molar-refractivity contribution is 5.74. The van der Waals surface area contributed by atoms with Gasteiger partial charge in [-0.15, -0.1) is 0 Å². The lowest BCUT2D eigenvalue weighted by molar-refractivity contribution is -0.108. The Morgan fingerprint density at radius 1 is 1.15 bits per heavy atom. The van der Waals surface area contributed by atoms with Gasteiger partial charge in [0.15, 0.2) is 0 Å². The molecule has 0 radical (unpaired) electrons. The Morgan fingerprint density at radius 3 is 2.10 bits per heavy atom. The molecular formula is C16H32N2O2. The SMILES string of the molecule is CCC(C)(C)C(CCC=O)NC(=O)NC(C)C(C)(C)C. The summed E-state index contributed by atoms with van der Waals surface area (Å²) in [5, 5.41) is 6.02. The van der Waals surface area contributed by atoms with E-state index in [0.717, 1.165) is 12.7 Å². The monoisotopic (exact) mass is 284 g/mol. The van der Waals surface area contributed by atoms with Gasteiger partial charge in [0.1, 0.15) is 6.29 Å². The molecule has 2 N–H and O–H groups in total. The molecule has 0 rings (SSSR count). The molecule has 0 aromatic rings. The van der Waals surface area contributed by atoms with Crippen molar-refractivity contribution in [2.45, 2.75) is 79.8 Å². The summed E-state index contributed by atoms with van der Waals surface area (Å²) in [6, 6.07) is -0.0614. The maximum atomic E-state index is 12.1. The van der Waals surface area contributed by atoms with Gasteiger partial charge in [0.25, 0.3) is 0 Å². The van der Waals surface area contributed by atoms with Crippen LogP contribution in [-0.2, 0) is 4.79 Å². The first-order valence-corrected chi connectivity index (χ1v) is 7.55. The Hall–Kier alpha value is -1.06. The predicted molar refractivity (Wildman–Crippen MR) is 83.7 cm³/mol. The zero-order valence-corrected chi connectivity index (χ0v) is 14.2. The van der Waals surface area contributed by atoms with Crippen LogP contribution in [0.3, 0.4) is 0 Å². The Morgan fingerprint density at radius 2 is 1.70 bits per heavy atom. The minimum atomic E-state index is -0.148. The van der Waals surface area contributed by atoms with Crippen molar-refractivity contribution in [3.05, 3.63) is 0 Å². The molecule has 0 spiro atoms. The lowest BCUT2D eigenvalue weighted by Gasteiger charge is -2.35. The van der Waals surface area contributed by atoms with Crippen LogP contribution >= 0.6 is 0 Å². The number of amides is 2. The van der Waals surface area contributed by atoms with E-state index in [4.69, 9.17) is 0 Å². The van der Waals surface area contributed by atoms with Crippen LogP contribution in [0.15, 0.2) is 0 Å². The van der Waals surface area contributed by atoms with Crippen molar-refractivity contribution in [3.63, 3.8) is 0 Å². The van der Waals surface area contributed by atoms with Gasteiger partial charge in [-0.1, -0.05) is 41.5 Å². The van der Waals surface area contributed by atoms with Crippen LogP contribution in [-0.4, -0.2) is 24.4 Å². The second kappa shape index (κ2) is 7.65. The van der Waals surface area contributed by atoms with Gasteiger partial charge in [-0.3, -0.25) is 0 Å². The first kappa shape index (κ1) is 18.9. The Kier molecular flexibility index (Phi) is 7.25. The third kappa shape index (κ3) is 6.40. The largest absolute Gasteiger partial charge is 0.335 e. The average Bonchev–Trinajstić information content (AvgIpc) is 2.32. The van der Waals surface area contributed by atoms with E-state index in [-0.39, 0.29) is 28.9 Å². The highest BCUT2D eigenvalue weighted by Crippen LogP contribution is 2.27. The van der Waals surface area contributed by atoms with Gasteiger partial charge in [0.2, 0.25) is 0 Å². The molecule has 4 nitrogen and oxygen atoms in total. The van der Waals surface area contributed by atoms with Crippen LogP contribution in [0.5, 0.6) is 0 Å². The fourth-order valence-corrected chi connectivity index (χ4v) is 1.75. The summed E-state index contributed by atoms with van der Waals surface area (Å²) < 4.78 is 0. The van der Waals surface area contributed by atoms with Crippen molar-refractivity contribution >= 4 is 12.3 Å². The number of hydrogen-bond donors (Lipinski definition) is 2. The molecular weight excluding hydrogens is 252 g/mol. The van der Waals surface area contributed by atoms with E-state index in [1.807, 2.05) is 6.92 Å². The van der Waals surface area contributed by atoms with Crippen molar-refractivity contribution in [1.82, 2.24) is 10.6 Å². The van der Waals surface area contributed by atoms with Gasteiger partial charge in [-0.25, -0.2) is 4.79 Å². The van der Waals surface area contributed by atoms with Crippen molar-refractivity contribution in [1.29, 1.82) is 0 Å². The fraction of sp³-hybridized carbons (Fsp3) is 0.875. The highest BCUT2D eigenvalue weighted by atomic mass is 16.2. The lowest BCUT2D eigenvalue weighted by Crippen LogP contribution is -2.52. The molecule has 0 aromatic carbocycles. The first-order chi connectivity index (χ1) is 9.04. The summed E-state index contributed by atoms with van der Waals surface area (Å²) in [5.41, 5.74) is 0.00122. The van der Waals surface area contributed by atoms with Gasteiger partial charge in [-0.2, -0.15) is 0 Å². The van der Waals surface area contributed by atoms with Gasteiger partial charge >= 0.3 is 6.03 Å². The van der Waals surface area contributed by atoms with E-state index >= 15 is 0 Å². The molecule has 0 saturated heterocycles. The van der Waals surface area contributed by atoms with E-state index in [9.17, 15) is 9.59 Å².